The highest BCUT2D eigenvalue weighted by atomic mass is 16.2. The molecule has 0 N–H and O–H groups in total. The maximum Gasteiger partial charge on any atom is 0.254 e. The Morgan fingerprint density at radius 1 is 0.867 bits per heavy atom. The summed E-state index contributed by atoms with van der Waals surface area (Å²) >= 11 is 0. The molecule has 0 aliphatic rings. The molecule has 4 rings (SSSR count). The lowest BCUT2D eigenvalue weighted by Gasteiger charge is -2.24. The molecule has 0 aliphatic carbocycles. The molecule has 0 bridgehead atoms. The van der Waals surface area contributed by atoms with Crippen LogP contribution in [-0.2, 0) is 6.54 Å². The van der Waals surface area contributed by atoms with Crippen LogP contribution in [0.3, 0.4) is 0 Å². The SMILES string of the molecule is CCCCN(Cc1ccccc1)C(=O)c1cc(-c2ccccc2)nc2ccccc12. The quantitative estimate of drug-likeness (QED) is 0.366. The summed E-state index contributed by atoms with van der Waals surface area (Å²) in [5.41, 5.74) is 4.54. The maximum atomic E-state index is 13.8. The normalized spacial score (nSPS) is 10.8. The summed E-state index contributed by atoms with van der Waals surface area (Å²) in [5, 5.41) is 0.900. The van der Waals surface area contributed by atoms with E-state index in [4.69, 9.17) is 4.98 Å². The topological polar surface area (TPSA) is 33.2 Å². The van der Waals surface area contributed by atoms with E-state index >= 15 is 0 Å². The number of para-hydroxylation sites is 1. The van der Waals surface area contributed by atoms with Gasteiger partial charge in [-0.1, -0.05) is 92.2 Å². The zero-order valence-electron chi connectivity index (χ0n) is 17.3. The van der Waals surface area contributed by atoms with Gasteiger partial charge in [0.25, 0.3) is 5.91 Å². The second kappa shape index (κ2) is 9.36. The Morgan fingerprint density at radius 3 is 2.27 bits per heavy atom. The standard InChI is InChI=1S/C27H26N2O/c1-2-3-18-29(20-21-12-6-4-7-13-21)27(30)24-19-26(22-14-8-5-9-15-22)28-25-17-11-10-16-23(24)25/h4-17,19H,2-3,18,20H2,1H3. The molecule has 0 spiro atoms. The van der Waals surface area contributed by atoms with E-state index in [1.807, 2.05) is 83.8 Å². The van der Waals surface area contributed by atoms with Crippen LogP contribution in [0.2, 0.25) is 0 Å². The van der Waals surface area contributed by atoms with Crippen LogP contribution in [-0.4, -0.2) is 22.3 Å². The Hall–Kier alpha value is -3.46. The van der Waals surface area contributed by atoms with Crippen LogP contribution in [0.25, 0.3) is 22.2 Å². The van der Waals surface area contributed by atoms with Crippen LogP contribution >= 0.6 is 0 Å². The lowest BCUT2D eigenvalue weighted by Crippen LogP contribution is -2.31. The summed E-state index contributed by atoms with van der Waals surface area (Å²) in [4.78, 5) is 20.5. The Labute approximate surface area is 178 Å². The number of carbonyl (C=O) groups is 1. The zero-order chi connectivity index (χ0) is 20.8. The molecule has 3 aromatic carbocycles. The summed E-state index contributed by atoms with van der Waals surface area (Å²) in [6, 6.07) is 30.1. The van der Waals surface area contributed by atoms with Gasteiger partial charge >= 0.3 is 0 Å². The number of aromatic nitrogens is 1. The zero-order valence-corrected chi connectivity index (χ0v) is 17.3. The molecule has 0 atom stereocenters. The molecule has 0 radical (unpaired) electrons. The van der Waals surface area contributed by atoms with Gasteiger partial charge < -0.3 is 4.90 Å². The molecule has 0 saturated heterocycles. The van der Waals surface area contributed by atoms with E-state index in [0.717, 1.165) is 47.1 Å². The van der Waals surface area contributed by atoms with Gasteiger partial charge in [0.2, 0.25) is 0 Å². The van der Waals surface area contributed by atoms with E-state index in [-0.39, 0.29) is 5.91 Å². The van der Waals surface area contributed by atoms with Gasteiger partial charge in [-0.25, -0.2) is 4.98 Å². The van der Waals surface area contributed by atoms with Gasteiger partial charge in [0.05, 0.1) is 16.8 Å². The fraction of sp³-hybridized carbons (Fsp3) is 0.185. The summed E-state index contributed by atoms with van der Waals surface area (Å²) in [6.07, 6.45) is 2.03. The lowest BCUT2D eigenvalue weighted by atomic mass is 10.0. The molecule has 150 valence electrons. The smallest absolute Gasteiger partial charge is 0.254 e. The highest BCUT2D eigenvalue weighted by molar-refractivity contribution is 6.07. The highest BCUT2D eigenvalue weighted by Crippen LogP contribution is 2.26. The van der Waals surface area contributed by atoms with Gasteiger partial charge in [-0.15, -0.1) is 0 Å². The second-order valence-electron chi connectivity index (χ2n) is 7.50. The molecule has 0 unspecified atom stereocenters. The predicted molar refractivity (Wildman–Crippen MR) is 123 cm³/mol. The molecule has 1 heterocycles. The van der Waals surface area contributed by atoms with E-state index in [0.29, 0.717) is 12.1 Å². The highest BCUT2D eigenvalue weighted by Gasteiger charge is 2.20. The first-order chi connectivity index (χ1) is 14.8. The second-order valence-corrected chi connectivity index (χ2v) is 7.50. The number of rotatable bonds is 7. The van der Waals surface area contributed by atoms with E-state index in [1.165, 1.54) is 0 Å². The van der Waals surface area contributed by atoms with Crippen molar-refractivity contribution >= 4 is 16.8 Å². The van der Waals surface area contributed by atoms with Crippen molar-refractivity contribution in [3.8, 4) is 11.3 Å². The van der Waals surface area contributed by atoms with Crippen molar-refractivity contribution in [2.45, 2.75) is 26.3 Å². The number of amides is 1. The lowest BCUT2D eigenvalue weighted by molar-refractivity contribution is 0.0743. The van der Waals surface area contributed by atoms with Gasteiger partial charge in [-0.05, 0) is 24.1 Å². The van der Waals surface area contributed by atoms with Crippen molar-refractivity contribution < 1.29 is 4.79 Å². The number of benzene rings is 3. The first-order valence-corrected chi connectivity index (χ1v) is 10.5. The molecule has 30 heavy (non-hydrogen) atoms. The minimum absolute atomic E-state index is 0.0584. The van der Waals surface area contributed by atoms with Gasteiger partial charge in [0.1, 0.15) is 0 Å². The molecule has 1 amide bonds. The Bertz CT molecular complexity index is 1120. The van der Waals surface area contributed by atoms with Crippen LogP contribution < -0.4 is 0 Å². The number of fused-ring (bicyclic) bond motifs is 1. The van der Waals surface area contributed by atoms with Crippen LogP contribution in [0.15, 0.2) is 91.0 Å². The third-order valence-corrected chi connectivity index (χ3v) is 5.30. The number of hydrogen-bond acceptors (Lipinski definition) is 2. The van der Waals surface area contributed by atoms with Crippen LogP contribution in [0.4, 0.5) is 0 Å². The number of carbonyl (C=O) groups excluding carboxylic acids is 1. The number of pyridine rings is 1. The van der Waals surface area contributed by atoms with Gasteiger partial charge in [-0.2, -0.15) is 0 Å². The van der Waals surface area contributed by atoms with Gasteiger partial charge in [0.15, 0.2) is 0 Å². The molecule has 0 aliphatic heterocycles. The minimum Gasteiger partial charge on any atom is -0.334 e. The van der Waals surface area contributed by atoms with Gasteiger partial charge in [0, 0.05) is 24.0 Å². The fourth-order valence-corrected chi connectivity index (χ4v) is 3.68. The van der Waals surface area contributed by atoms with E-state index < -0.39 is 0 Å². The summed E-state index contributed by atoms with van der Waals surface area (Å²) in [7, 11) is 0. The monoisotopic (exact) mass is 394 g/mol. The maximum absolute atomic E-state index is 13.8. The average molecular weight is 395 g/mol. The number of unbranched alkanes of at least 4 members (excludes halogenated alkanes) is 1. The summed E-state index contributed by atoms with van der Waals surface area (Å²) < 4.78 is 0. The Balaban J connectivity index is 1.77. The molecule has 0 fully saturated rings. The van der Waals surface area contributed by atoms with Crippen molar-refractivity contribution in [1.29, 1.82) is 0 Å². The molecule has 4 aromatic rings. The van der Waals surface area contributed by atoms with Crippen molar-refractivity contribution in [3.63, 3.8) is 0 Å². The molecule has 3 nitrogen and oxygen atoms in total. The van der Waals surface area contributed by atoms with E-state index in [2.05, 4.69) is 19.1 Å². The first kappa shape index (κ1) is 19.8. The van der Waals surface area contributed by atoms with Crippen molar-refractivity contribution in [2.75, 3.05) is 6.54 Å². The summed E-state index contributed by atoms with van der Waals surface area (Å²) in [6.45, 7) is 3.50. The van der Waals surface area contributed by atoms with Crippen molar-refractivity contribution in [1.82, 2.24) is 9.88 Å². The Kier molecular flexibility index (Phi) is 6.19. The first-order valence-electron chi connectivity index (χ1n) is 10.5. The molecule has 1 aromatic heterocycles. The fourth-order valence-electron chi connectivity index (χ4n) is 3.68. The molecular weight excluding hydrogens is 368 g/mol. The molecule has 3 heteroatoms. The number of nitrogens with zero attached hydrogens (tertiary/aromatic N) is 2. The van der Waals surface area contributed by atoms with E-state index in [9.17, 15) is 4.79 Å². The predicted octanol–water partition coefficient (Wildman–Crippen LogP) is 6.34. The van der Waals surface area contributed by atoms with Crippen LogP contribution in [0.5, 0.6) is 0 Å². The third-order valence-electron chi connectivity index (χ3n) is 5.30. The van der Waals surface area contributed by atoms with Gasteiger partial charge in [-0.3, -0.25) is 4.79 Å². The number of hydrogen-bond donors (Lipinski definition) is 0. The minimum atomic E-state index is 0.0584. The average Bonchev–Trinajstić information content (AvgIpc) is 2.82. The van der Waals surface area contributed by atoms with Crippen LogP contribution in [0.1, 0.15) is 35.7 Å². The third kappa shape index (κ3) is 4.41. The van der Waals surface area contributed by atoms with E-state index in [1.54, 1.807) is 0 Å². The molecule has 0 saturated carbocycles. The van der Waals surface area contributed by atoms with Crippen molar-refractivity contribution in [3.05, 3.63) is 102 Å². The molecular formula is C27H26N2O. The van der Waals surface area contributed by atoms with Crippen LogP contribution in [0, 0.1) is 0 Å². The summed E-state index contributed by atoms with van der Waals surface area (Å²) in [5.74, 6) is 0.0584. The van der Waals surface area contributed by atoms with Crippen molar-refractivity contribution in [2.24, 2.45) is 0 Å². The largest absolute Gasteiger partial charge is 0.334 e. The Morgan fingerprint density at radius 2 is 1.53 bits per heavy atom.